The lowest BCUT2D eigenvalue weighted by Gasteiger charge is -2.22. The normalized spacial score (nSPS) is 15.9. The average molecular weight is 279 g/mol. The molecule has 1 fully saturated rings. The summed E-state index contributed by atoms with van der Waals surface area (Å²) in [5.74, 6) is 2.28. The van der Waals surface area contributed by atoms with Crippen LogP contribution in [0.2, 0.25) is 0 Å². The Kier molecular flexibility index (Phi) is 5.99. The molecule has 4 heteroatoms. The van der Waals surface area contributed by atoms with Crippen molar-refractivity contribution in [2.24, 2.45) is 0 Å². The lowest BCUT2D eigenvalue weighted by Crippen LogP contribution is -2.34. The number of nitrogens with one attached hydrogen (secondary N) is 1. The summed E-state index contributed by atoms with van der Waals surface area (Å²) < 4.78 is 16.2. The Balaban J connectivity index is 1.75. The molecule has 0 saturated heterocycles. The maximum Gasteiger partial charge on any atom is 0.126 e. The highest BCUT2D eigenvalue weighted by atomic mass is 16.5. The summed E-state index contributed by atoms with van der Waals surface area (Å²) in [6.07, 6.45) is 6.69. The van der Waals surface area contributed by atoms with Gasteiger partial charge in [0.05, 0.1) is 14.2 Å². The fourth-order valence-electron chi connectivity index (χ4n) is 2.60. The van der Waals surface area contributed by atoms with Crippen molar-refractivity contribution >= 4 is 0 Å². The minimum atomic E-state index is 0.660. The highest BCUT2D eigenvalue weighted by Gasteiger charge is 2.12. The van der Waals surface area contributed by atoms with Crippen LogP contribution in [0.25, 0.3) is 0 Å². The molecule has 0 heterocycles. The van der Waals surface area contributed by atoms with Crippen LogP contribution in [0.3, 0.4) is 0 Å². The van der Waals surface area contributed by atoms with Gasteiger partial charge in [-0.05, 0) is 12.8 Å². The molecule has 0 aliphatic heterocycles. The van der Waals surface area contributed by atoms with E-state index in [1.54, 1.807) is 14.2 Å². The first-order valence-electron chi connectivity index (χ1n) is 7.41. The molecular formula is C16H25NO3. The molecule has 0 spiro atoms. The van der Waals surface area contributed by atoms with E-state index in [0.717, 1.165) is 23.8 Å². The van der Waals surface area contributed by atoms with Crippen LogP contribution in [0.4, 0.5) is 0 Å². The Morgan fingerprint density at radius 3 is 2.15 bits per heavy atom. The molecule has 4 nitrogen and oxygen atoms in total. The Hall–Kier alpha value is -1.42. The second-order valence-corrected chi connectivity index (χ2v) is 5.19. The first-order chi connectivity index (χ1) is 9.81. The van der Waals surface area contributed by atoms with E-state index in [9.17, 15) is 0 Å². The number of rotatable bonds is 7. The molecule has 0 unspecified atom stereocenters. The van der Waals surface area contributed by atoms with E-state index in [0.29, 0.717) is 12.6 Å². The SMILES string of the molecule is COc1cc(OC)cc(OCCNC2CCCCC2)c1. The number of methoxy groups -OCH3 is 2. The van der Waals surface area contributed by atoms with Crippen LogP contribution in [0.1, 0.15) is 32.1 Å². The van der Waals surface area contributed by atoms with E-state index < -0.39 is 0 Å². The van der Waals surface area contributed by atoms with Crippen molar-refractivity contribution in [1.29, 1.82) is 0 Å². The van der Waals surface area contributed by atoms with Gasteiger partial charge in [0.15, 0.2) is 0 Å². The van der Waals surface area contributed by atoms with E-state index >= 15 is 0 Å². The molecule has 0 atom stereocenters. The van der Waals surface area contributed by atoms with Gasteiger partial charge in [0.1, 0.15) is 23.9 Å². The highest BCUT2D eigenvalue weighted by Crippen LogP contribution is 2.27. The first kappa shape index (κ1) is 15.0. The van der Waals surface area contributed by atoms with E-state index in [1.165, 1.54) is 32.1 Å². The largest absolute Gasteiger partial charge is 0.496 e. The maximum atomic E-state index is 5.76. The molecule has 1 aromatic rings. The van der Waals surface area contributed by atoms with Gasteiger partial charge in [-0.1, -0.05) is 19.3 Å². The van der Waals surface area contributed by atoms with Crippen molar-refractivity contribution in [3.05, 3.63) is 18.2 Å². The van der Waals surface area contributed by atoms with Crippen molar-refractivity contribution in [3.63, 3.8) is 0 Å². The van der Waals surface area contributed by atoms with Gasteiger partial charge in [0.2, 0.25) is 0 Å². The number of hydrogen-bond donors (Lipinski definition) is 1. The van der Waals surface area contributed by atoms with Crippen LogP contribution >= 0.6 is 0 Å². The summed E-state index contributed by atoms with van der Waals surface area (Å²) >= 11 is 0. The van der Waals surface area contributed by atoms with Crippen LogP contribution in [0, 0.1) is 0 Å². The average Bonchev–Trinajstić information content (AvgIpc) is 2.52. The van der Waals surface area contributed by atoms with Gasteiger partial charge >= 0.3 is 0 Å². The Morgan fingerprint density at radius 1 is 0.950 bits per heavy atom. The van der Waals surface area contributed by atoms with Gasteiger partial charge in [-0.25, -0.2) is 0 Å². The smallest absolute Gasteiger partial charge is 0.126 e. The first-order valence-corrected chi connectivity index (χ1v) is 7.41. The summed E-state index contributed by atoms with van der Waals surface area (Å²) in [6.45, 7) is 1.54. The molecule has 2 rings (SSSR count). The molecule has 20 heavy (non-hydrogen) atoms. The fraction of sp³-hybridized carbons (Fsp3) is 0.625. The summed E-state index contributed by atoms with van der Waals surface area (Å²) in [5, 5.41) is 3.56. The van der Waals surface area contributed by atoms with Gasteiger partial charge in [-0.2, -0.15) is 0 Å². The van der Waals surface area contributed by atoms with Crippen LogP contribution < -0.4 is 19.5 Å². The minimum absolute atomic E-state index is 0.660. The zero-order valence-electron chi connectivity index (χ0n) is 12.5. The third kappa shape index (κ3) is 4.60. The molecule has 0 bridgehead atoms. The van der Waals surface area contributed by atoms with Crippen molar-refractivity contribution in [2.45, 2.75) is 38.1 Å². The van der Waals surface area contributed by atoms with Crippen LogP contribution in [-0.2, 0) is 0 Å². The summed E-state index contributed by atoms with van der Waals surface area (Å²) in [5.41, 5.74) is 0. The maximum absolute atomic E-state index is 5.76. The van der Waals surface area contributed by atoms with Crippen molar-refractivity contribution in [2.75, 3.05) is 27.4 Å². The summed E-state index contributed by atoms with van der Waals surface area (Å²) in [4.78, 5) is 0. The Bertz CT molecular complexity index is 380. The highest BCUT2D eigenvalue weighted by molar-refractivity contribution is 5.41. The lowest BCUT2D eigenvalue weighted by atomic mass is 9.96. The standard InChI is InChI=1S/C16H25NO3/c1-18-14-10-15(19-2)12-16(11-14)20-9-8-17-13-6-4-3-5-7-13/h10-13,17H,3-9H2,1-2H3. The summed E-state index contributed by atoms with van der Waals surface area (Å²) in [7, 11) is 3.28. The quantitative estimate of drug-likeness (QED) is 0.779. The summed E-state index contributed by atoms with van der Waals surface area (Å²) in [6, 6.07) is 6.27. The number of ether oxygens (including phenoxy) is 3. The van der Waals surface area contributed by atoms with Crippen LogP contribution in [0.15, 0.2) is 18.2 Å². The zero-order chi connectivity index (χ0) is 14.2. The van der Waals surface area contributed by atoms with Crippen molar-refractivity contribution < 1.29 is 14.2 Å². The third-order valence-corrected chi connectivity index (χ3v) is 3.73. The van der Waals surface area contributed by atoms with Crippen LogP contribution in [0.5, 0.6) is 17.2 Å². The van der Waals surface area contributed by atoms with E-state index in [1.807, 2.05) is 18.2 Å². The van der Waals surface area contributed by atoms with E-state index in [2.05, 4.69) is 5.32 Å². The molecule has 0 amide bonds. The molecule has 1 saturated carbocycles. The van der Waals surface area contributed by atoms with Crippen LogP contribution in [-0.4, -0.2) is 33.4 Å². The molecule has 1 aliphatic carbocycles. The molecule has 0 radical (unpaired) electrons. The van der Waals surface area contributed by atoms with Gasteiger partial charge < -0.3 is 19.5 Å². The molecule has 1 aromatic carbocycles. The van der Waals surface area contributed by atoms with Gasteiger partial charge in [0, 0.05) is 30.8 Å². The van der Waals surface area contributed by atoms with Gasteiger partial charge in [0.25, 0.3) is 0 Å². The molecule has 1 N–H and O–H groups in total. The molecule has 112 valence electrons. The Labute approximate surface area is 121 Å². The van der Waals surface area contributed by atoms with Crippen molar-refractivity contribution in [1.82, 2.24) is 5.32 Å². The number of hydrogen-bond acceptors (Lipinski definition) is 4. The number of benzene rings is 1. The lowest BCUT2D eigenvalue weighted by molar-refractivity contribution is 0.286. The molecule has 0 aromatic heterocycles. The van der Waals surface area contributed by atoms with E-state index in [4.69, 9.17) is 14.2 Å². The second kappa shape index (κ2) is 8.00. The third-order valence-electron chi connectivity index (χ3n) is 3.73. The second-order valence-electron chi connectivity index (χ2n) is 5.19. The fourth-order valence-corrected chi connectivity index (χ4v) is 2.60. The minimum Gasteiger partial charge on any atom is -0.496 e. The molecule has 1 aliphatic rings. The predicted octanol–water partition coefficient (Wildman–Crippen LogP) is 3.00. The van der Waals surface area contributed by atoms with Gasteiger partial charge in [-0.15, -0.1) is 0 Å². The van der Waals surface area contributed by atoms with Crippen molar-refractivity contribution in [3.8, 4) is 17.2 Å². The molecular weight excluding hydrogens is 254 g/mol. The van der Waals surface area contributed by atoms with Gasteiger partial charge in [-0.3, -0.25) is 0 Å². The monoisotopic (exact) mass is 279 g/mol. The predicted molar refractivity (Wildman–Crippen MR) is 79.9 cm³/mol. The topological polar surface area (TPSA) is 39.7 Å². The van der Waals surface area contributed by atoms with E-state index in [-0.39, 0.29) is 0 Å². The zero-order valence-corrected chi connectivity index (χ0v) is 12.5. The Morgan fingerprint density at radius 2 is 1.55 bits per heavy atom.